The molecule has 3 atom stereocenters. The molecule has 0 bridgehead atoms. The lowest BCUT2D eigenvalue weighted by molar-refractivity contribution is -0.175. The fourth-order valence-corrected chi connectivity index (χ4v) is 2.45. The molecule has 2 aliphatic heterocycles. The standard InChI is InChI=1S/C14H24O5/c1-6-7-15-8-10-12(19-14(4,5)18-10)11-9-16-13(2,3)17-11/h6,10-12H,1,7-9H2,2-5H3/t10-,11-,12+/m1/s1. The average Bonchev–Trinajstić information content (AvgIpc) is 2.79. The Morgan fingerprint density at radius 3 is 2.47 bits per heavy atom. The third kappa shape index (κ3) is 3.77. The van der Waals surface area contributed by atoms with E-state index >= 15 is 0 Å². The Bertz CT molecular complexity index is 326. The Kier molecular flexibility index (Phi) is 4.32. The van der Waals surface area contributed by atoms with Crippen molar-refractivity contribution in [3.8, 4) is 0 Å². The van der Waals surface area contributed by atoms with E-state index in [-0.39, 0.29) is 18.3 Å². The molecule has 0 unspecified atom stereocenters. The predicted molar refractivity (Wildman–Crippen MR) is 69.7 cm³/mol. The van der Waals surface area contributed by atoms with E-state index in [2.05, 4.69) is 6.58 Å². The molecule has 5 heteroatoms. The summed E-state index contributed by atoms with van der Waals surface area (Å²) in [7, 11) is 0. The monoisotopic (exact) mass is 272 g/mol. The second-order valence-electron chi connectivity index (χ2n) is 5.83. The van der Waals surface area contributed by atoms with E-state index in [1.165, 1.54) is 0 Å². The van der Waals surface area contributed by atoms with Gasteiger partial charge in [0.15, 0.2) is 11.6 Å². The van der Waals surface area contributed by atoms with Crippen LogP contribution in [0.15, 0.2) is 12.7 Å². The van der Waals surface area contributed by atoms with Crippen LogP contribution in [0.4, 0.5) is 0 Å². The number of rotatable bonds is 5. The summed E-state index contributed by atoms with van der Waals surface area (Å²) >= 11 is 0. The second-order valence-corrected chi connectivity index (χ2v) is 5.83. The Balaban J connectivity index is 1.97. The van der Waals surface area contributed by atoms with E-state index in [0.717, 1.165) is 0 Å². The molecule has 0 N–H and O–H groups in total. The first-order valence-electron chi connectivity index (χ1n) is 6.69. The molecule has 0 spiro atoms. The summed E-state index contributed by atoms with van der Waals surface area (Å²) in [5.74, 6) is -1.18. The molecule has 2 saturated heterocycles. The van der Waals surface area contributed by atoms with Gasteiger partial charge in [0.05, 0.1) is 19.8 Å². The van der Waals surface area contributed by atoms with E-state index in [1.807, 2.05) is 27.7 Å². The summed E-state index contributed by atoms with van der Waals surface area (Å²) in [6.45, 7) is 12.7. The van der Waals surface area contributed by atoms with Gasteiger partial charge in [-0.15, -0.1) is 6.58 Å². The van der Waals surface area contributed by atoms with Crippen molar-refractivity contribution >= 4 is 0 Å². The Labute approximate surface area is 114 Å². The first kappa shape index (κ1) is 14.9. The lowest BCUT2D eigenvalue weighted by atomic mass is 10.1. The molecule has 2 rings (SSSR count). The highest BCUT2D eigenvalue weighted by Gasteiger charge is 2.49. The van der Waals surface area contributed by atoms with Gasteiger partial charge in [0, 0.05) is 0 Å². The fraction of sp³-hybridized carbons (Fsp3) is 0.857. The summed E-state index contributed by atoms with van der Waals surface area (Å²) in [6, 6.07) is 0. The molecule has 0 aromatic rings. The largest absolute Gasteiger partial charge is 0.375 e. The third-order valence-electron chi connectivity index (χ3n) is 3.14. The van der Waals surface area contributed by atoms with Gasteiger partial charge in [0.2, 0.25) is 0 Å². The smallest absolute Gasteiger partial charge is 0.164 e. The molecule has 2 heterocycles. The van der Waals surface area contributed by atoms with Crippen molar-refractivity contribution in [2.24, 2.45) is 0 Å². The molecule has 0 aromatic heterocycles. The lowest BCUT2D eigenvalue weighted by Gasteiger charge is -2.23. The minimum Gasteiger partial charge on any atom is -0.375 e. The molecule has 0 aromatic carbocycles. The van der Waals surface area contributed by atoms with Gasteiger partial charge in [-0.05, 0) is 27.7 Å². The first-order valence-corrected chi connectivity index (χ1v) is 6.69. The van der Waals surface area contributed by atoms with Gasteiger partial charge in [-0.3, -0.25) is 0 Å². The van der Waals surface area contributed by atoms with Crippen LogP contribution in [0.2, 0.25) is 0 Å². The van der Waals surface area contributed by atoms with Crippen molar-refractivity contribution in [1.82, 2.24) is 0 Å². The maximum atomic E-state index is 5.94. The van der Waals surface area contributed by atoms with Crippen LogP contribution in [0.1, 0.15) is 27.7 Å². The summed E-state index contributed by atoms with van der Waals surface area (Å²) < 4.78 is 28.7. The maximum absolute atomic E-state index is 5.94. The Morgan fingerprint density at radius 1 is 1.16 bits per heavy atom. The first-order chi connectivity index (χ1) is 8.83. The summed E-state index contributed by atoms with van der Waals surface area (Å²) in [4.78, 5) is 0. The van der Waals surface area contributed by atoms with Crippen molar-refractivity contribution in [1.29, 1.82) is 0 Å². The van der Waals surface area contributed by atoms with Crippen LogP contribution >= 0.6 is 0 Å². The van der Waals surface area contributed by atoms with Crippen molar-refractivity contribution in [3.05, 3.63) is 12.7 Å². The topological polar surface area (TPSA) is 46.2 Å². The van der Waals surface area contributed by atoms with Crippen LogP contribution in [-0.2, 0) is 23.7 Å². The Morgan fingerprint density at radius 2 is 1.89 bits per heavy atom. The fourth-order valence-electron chi connectivity index (χ4n) is 2.45. The molecule has 0 radical (unpaired) electrons. The summed E-state index contributed by atoms with van der Waals surface area (Å²) in [6.07, 6.45) is 1.25. The SMILES string of the molecule is C=CCOC[C@H]1OC(C)(C)O[C@@H]1[C@H]1COC(C)(C)O1. The molecule has 19 heavy (non-hydrogen) atoms. The van der Waals surface area contributed by atoms with Gasteiger partial charge in [0.1, 0.15) is 18.3 Å². The van der Waals surface area contributed by atoms with Crippen molar-refractivity contribution < 1.29 is 23.7 Å². The maximum Gasteiger partial charge on any atom is 0.164 e. The van der Waals surface area contributed by atoms with Crippen molar-refractivity contribution in [3.63, 3.8) is 0 Å². The summed E-state index contributed by atoms with van der Waals surface area (Å²) in [5.41, 5.74) is 0. The van der Waals surface area contributed by atoms with Crippen LogP contribution in [-0.4, -0.2) is 49.7 Å². The molecule has 0 aliphatic carbocycles. The predicted octanol–water partition coefficient (Wildman–Crippen LogP) is 1.86. The van der Waals surface area contributed by atoms with E-state index in [4.69, 9.17) is 23.7 Å². The highest BCUT2D eigenvalue weighted by molar-refractivity contribution is 4.90. The summed E-state index contributed by atoms with van der Waals surface area (Å²) in [5, 5.41) is 0. The molecule has 110 valence electrons. The molecule has 0 saturated carbocycles. The minimum atomic E-state index is -0.622. The number of hydrogen-bond acceptors (Lipinski definition) is 5. The molecular formula is C14H24O5. The molecular weight excluding hydrogens is 248 g/mol. The molecule has 0 amide bonds. The second kappa shape index (κ2) is 5.50. The number of ether oxygens (including phenoxy) is 5. The van der Waals surface area contributed by atoms with E-state index in [0.29, 0.717) is 19.8 Å². The quantitative estimate of drug-likeness (QED) is 0.564. The normalized spacial score (nSPS) is 36.5. The third-order valence-corrected chi connectivity index (χ3v) is 3.14. The number of hydrogen-bond donors (Lipinski definition) is 0. The highest BCUT2D eigenvalue weighted by atomic mass is 16.8. The van der Waals surface area contributed by atoms with Crippen LogP contribution in [0, 0.1) is 0 Å². The van der Waals surface area contributed by atoms with E-state index in [9.17, 15) is 0 Å². The van der Waals surface area contributed by atoms with Gasteiger partial charge in [-0.2, -0.15) is 0 Å². The van der Waals surface area contributed by atoms with Crippen molar-refractivity contribution in [2.75, 3.05) is 19.8 Å². The van der Waals surface area contributed by atoms with Gasteiger partial charge in [0.25, 0.3) is 0 Å². The minimum absolute atomic E-state index is 0.130. The van der Waals surface area contributed by atoms with Crippen molar-refractivity contribution in [2.45, 2.75) is 57.6 Å². The zero-order chi connectivity index (χ0) is 14.1. The van der Waals surface area contributed by atoms with Crippen LogP contribution < -0.4 is 0 Å². The van der Waals surface area contributed by atoms with E-state index in [1.54, 1.807) is 6.08 Å². The Hall–Kier alpha value is -0.460. The van der Waals surface area contributed by atoms with Crippen LogP contribution in [0.5, 0.6) is 0 Å². The zero-order valence-electron chi connectivity index (χ0n) is 12.2. The van der Waals surface area contributed by atoms with Gasteiger partial charge in [-0.25, -0.2) is 0 Å². The highest BCUT2D eigenvalue weighted by Crippen LogP contribution is 2.35. The van der Waals surface area contributed by atoms with Crippen LogP contribution in [0.3, 0.4) is 0 Å². The molecule has 2 aliphatic rings. The van der Waals surface area contributed by atoms with E-state index < -0.39 is 11.6 Å². The zero-order valence-corrected chi connectivity index (χ0v) is 12.2. The van der Waals surface area contributed by atoms with Gasteiger partial charge in [-0.1, -0.05) is 6.08 Å². The van der Waals surface area contributed by atoms with Gasteiger partial charge >= 0.3 is 0 Å². The lowest BCUT2D eigenvalue weighted by Crippen LogP contribution is -2.40. The molecule has 2 fully saturated rings. The van der Waals surface area contributed by atoms with Gasteiger partial charge < -0.3 is 23.7 Å². The molecule has 5 nitrogen and oxygen atoms in total. The average molecular weight is 272 g/mol. The van der Waals surface area contributed by atoms with Crippen LogP contribution in [0.25, 0.3) is 0 Å².